The number of hydrogen-bond acceptors (Lipinski definition) is 12. The molecule has 16 nitrogen and oxygen atoms in total. The van der Waals surface area contributed by atoms with Gasteiger partial charge in [0.25, 0.3) is 0 Å². The molecule has 22 aliphatic heterocycles. The first-order valence-electron chi connectivity index (χ1n) is 53.0. The Hall–Kier alpha value is -7.24. The van der Waals surface area contributed by atoms with E-state index in [1.165, 1.54) is 170 Å². The van der Waals surface area contributed by atoms with Crippen LogP contribution in [0.5, 0.6) is 0 Å². The van der Waals surface area contributed by atoms with Crippen molar-refractivity contribution in [3.05, 3.63) is 190 Å². The van der Waals surface area contributed by atoms with Gasteiger partial charge >= 0.3 is 0 Å². The highest BCUT2D eigenvalue weighted by atomic mass is 16.4. The number of aryl methyl sites for hydroxylation is 4. The predicted octanol–water partition coefficient (Wildman–Crippen LogP) is 24.6. The number of allylic oxidation sites excluding steroid dienone is 12. The minimum absolute atomic E-state index is 0.00715. The van der Waals surface area contributed by atoms with E-state index in [0.29, 0.717) is 66.0 Å². The molecule has 4 aromatic rings. The minimum atomic E-state index is -0.543. The number of fused-ring (bicyclic) bond motifs is 20. The van der Waals surface area contributed by atoms with E-state index in [1.807, 2.05) is 60.3 Å². The first-order valence-corrected chi connectivity index (χ1v) is 53.0. The predicted molar refractivity (Wildman–Crippen MR) is 514 cm³/mol. The van der Waals surface area contributed by atoms with Gasteiger partial charge in [0, 0.05) is 118 Å². The number of piperidine rings is 4. The molecule has 4 spiro atoms. The number of hydrogen-bond donors (Lipinski definition) is 0. The van der Waals surface area contributed by atoms with Gasteiger partial charge in [0.15, 0.2) is 0 Å². The van der Waals surface area contributed by atoms with Crippen molar-refractivity contribution in [2.24, 2.45) is 21.7 Å². The van der Waals surface area contributed by atoms with Crippen LogP contribution in [0, 0.1) is 21.7 Å². The van der Waals surface area contributed by atoms with Crippen molar-refractivity contribution in [2.75, 3.05) is 78.5 Å². The molecule has 26 aliphatic rings. The van der Waals surface area contributed by atoms with Crippen molar-refractivity contribution in [1.82, 2.24) is 39.2 Å². The van der Waals surface area contributed by atoms with E-state index in [9.17, 15) is 19.2 Å². The quantitative estimate of drug-likeness (QED) is 0.154. The SMILES string of the molecule is C1=C\CCc2cc3c(o2)[C@@H]2N4CCCC/C=C\[C@H]4C[C@@]24CN(CCCC/1)CC[C@@H]34.CC.CC.CC.CC.O=C1CCC/C=C\[C@H]2C[C@@]34C(=O)N5CCCC/C=C\CCc6cc(c(o6)[C@@H]3N12)[C@@H]4CC5.O=C1CCC/C=C\[C@H]2C[C@@]34CN5CCCC/C=C\CCc6cc(c(o6)[C@@H]3N12)[C@@H]4CC5.O=C1N2CCCC/C=C\CCc3cc4c(o3)[C@@H]3N5CCCC/C=C\[C@H]5C[C@@]13[C@H]4CC2. The fourth-order valence-electron chi connectivity index (χ4n) is 28.6. The van der Waals surface area contributed by atoms with Crippen molar-refractivity contribution in [3.63, 3.8) is 0 Å². The normalized spacial score (nSPS) is 37.1. The van der Waals surface area contributed by atoms with Crippen LogP contribution < -0.4 is 0 Å². The average Bonchev–Trinajstić information content (AvgIpc) is 1.52. The van der Waals surface area contributed by atoms with Gasteiger partial charge in [-0.1, -0.05) is 153 Å². The summed E-state index contributed by atoms with van der Waals surface area (Å²) in [6, 6.07) is 11.2. The molecule has 2 unspecified atom stereocenters. The Labute approximate surface area is 769 Å². The maximum atomic E-state index is 14.1. The molecule has 696 valence electrons. The van der Waals surface area contributed by atoms with E-state index in [4.69, 9.17) is 17.7 Å². The molecular weight excluding hydrogens is 1590 g/mol. The topological polar surface area (TPSA) is 147 Å². The summed E-state index contributed by atoms with van der Waals surface area (Å²) in [4.78, 5) is 74.6. The Morgan fingerprint density at radius 1 is 0.281 bits per heavy atom. The molecule has 16 heteroatoms. The van der Waals surface area contributed by atoms with Gasteiger partial charge in [-0.15, -0.1) is 0 Å². The van der Waals surface area contributed by atoms with Gasteiger partial charge in [-0.05, 0) is 310 Å². The lowest BCUT2D eigenvalue weighted by molar-refractivity contribution is -0.151. The molecule has 0 saturated carbocycles. The third kappa shape index (κ3) is 17.3. The fourth-order valence-corrected chi connectivity index (χ4v) is 28.6. The third-order valence-electron chi connectivity index (χ3n) is 33.7. The number of carbonyl (C=O) groups excluding carboxylic acids is 4. The zero-order valence-corrected chi connectivity index (χ0v) is 80.1. The number of carbonyl (C=O) groups is 4. The van der Waals surface area contributed by atoms with Gasteiger partial charge in [-0.25, -0.2) is 0 Å². The molecule has 4 aromatic heterocycles. The highest BCUT2D eigenvalue weighted by Crippen LogP contribution is 2.72. The molecule has 8 saturated heterocycles. The monoisotopic (exact) mass is 1750 g/mol. The standard InChI is InChI=1S/C26H32N2O3.2C26H34N2O2.C26H36N2O.4C2H6/c29-22-12-8-5-6-10-18-17-26-21-13-15-27(25(26)30)14-9-4-2-1-3-7-11-19-16-20(21)23(31-19)24(26)28(18)22;29-25-26-18-19-11-7-4-6-10-15-28(19)24(26)23-21-17-20(30-23)12-8-3-1-2-5-9-14-27(25)16-13-22(21)26;29-23-12-8-5-6-10-19-17-26-18-27-14-9-4-2-1-3-7-11-20-16-21(22(26)13-15-27)24(30-20)25(26)28(19)23;1-2-5-9-14-27-16-13-23-22-17-21(12-8-3-1)29-24(22)25-26(23,19-27)18-20-11-7-4-6-10-15-28(20)25;4*1-2/h1,3,6,10,16,18,21,24H,2,4-5,7-9,11-15,17H2;1,3,7,11,17,19,22,24H,2,4-6,8-10,12-16,18H2;1,3,6,10,16,19,22,25H,2,4-5,7-9,11-15,17-18H2;1,3,7,11,17,20,23,25H,2,4-6,8-10,12-16,18-19H2;4*1-2H3/b3-1-,10-6-;3-1-,11-7-;3-1-,10-6-;3-1-,11-7-;;;;/t18-,21-,24-,26-;19-,22-,24-,26-;19-,22-,25-,26-;20-,23-,25-,26-;;;;/m0000..../s1. The summed E-state index contributed by atoms with van der Waals surface area (Å²) in [6.45, 7) is 29.1. The number of nitrogens with zero attached hydrogens (tertiary/aromatic N) is 8. The molecular formula is C112H160N8O8. The Morgan fingerprint density at radius 2 is 0.594 bits per heavy atom. The lowest BCUT2D eigenvalue weighted by Crippen LogP contribution is -2.53. The molecule has 26 heterocycles. The molecule has 8 fully saturated rings. The van der Waals surface area contributed by atoms with Crippen LogP contribution in [0.15, 0.2) is 139 Å². The largest absolute Gasteiger partial charge is 0.464 e. The maximum Gasteiger partial charge on any atom is 0.232 e. The summed E-state index contributed by atoms with van der Waals surface area (Å²) in [6.07, 6.45) is 81.2. The molecule has 128 heavy (non-hydrogen) atoms. The van der Waals surface area contributed by atoms with E-state index in [-0.39, 0.29) is 58.8 Å². The summed E-state index contributed by atoms with van der Waals surface area (Å²) >= 11 is 0. The van der Waals surface area contributed by atoms with Crippen LogP contribution in [-0.4, -0.2) is 166 Å². The smallest absolute Gasteiger partial charge is 0.232 e. The van der Waals surface area contributed by atoms with Gasteiger partial charge in [0.2, 0.25) is 23.6 Å². The van der Waals surface area contributed by atoms with E-state index in [0.717, 1.165) is 215 Å². The lowest BCUT2D eigenvalue weighted by atomic mass is 9.67. The molecule has 4 amide bonds. The number of rotatable bonds is 0. The number of amides is 4. The molecule has 18 atom stereocenters. The van der Waals surface area contributed by atoms with Gasteiger partial charge in [-0.3, -0.25) is 29.0 Å². The van der Waals surface area contributed by atoms with Crippen LogP contribution in [0.25, 0.3) is 0 Å². The second kappa shape index (κ2) is 41.9. The summed E-state index contributed by atoms with van der Waals surface area (Å²) in [7, 11) is 0. The second-order valence-electron chi connectivity index (χ2n) is 40.5. The molecule has 0 N–H and O–H groups in total. The van der Waals surface area contributed by atoms with Crippen molar-refractivity contribution >= 4 is 23.6 Å². The highest BCUT2D eigenvalue weighted by molar-refractivity contribution is 5.91. The second-order valence-corrected chi connectivity index (χ2v) is 40.5. The van der Waals surface area contributed by atoms with E-state index >= 15 is 0 Å². The van der Waals surface area contributed by atoms with E-state index in [2.05, 4.69) is 156 Å². The van der Waals surface area contributed by atoms with Crippen LogP contribution >= 0.6 is 0 Å². The summed E-state index contributed by atoms with van der Waals surface area (Å²) in [5.41, 5.74) is 5.27. The Kier molecular flexibility index (Phi) is 30.3. The molecule has 24 bridgehead atoms. The molecule has 30 rings (SSSR count). The first-order chi connectivity index (χ1) is 63.1. The lowest BCUT2D eigenvalue weighted by Gasteiger charge is -2.45. The number of furan rings is 4. The van der Waals surface area contributed by atoms with Crippen molar-refractivity contribution in [2.45, 2.75) is 384 Å². The molecule has 0 radical (unpaired) electrons. The van der Waals surface area contributed by atoms with Gasteiger partial charge in [0.1, 0.15) is 52.1 Å². The van der Waals surface area contributed by atoms with Crippen molar-refractivity contribution in [3.8, 4) is 0 Å². The van der Waals surface area contributed by atoms with Gasteiger partial charge < -0.3 is 47.1 Å². The highest BCUT2D eigenvalue weighted by Gasteiger charge is 2.72. The van der Waals surface area contributed by atoms with Crippen LogP contribution in [0.1, 0.15) is 403 Å². The Morgan fingerprint density at radius 3 is 1.05 bits per heavy atom. The Balaban J connectivity index is 0.000000117. The maximum absolute atomic E-state index is 14.1. The Bertz CT molecular complexity index is 4680. The fraction of sp³-hybridized carbons (Fsp3) is 0.679. The van der Waals surface area contributed by atoms with E-state index < -0.39 is 5.41 Å². The van der Waals surface area contributed by atoms with Crippen molar-refractivity contribution in [1.29, 1.82) is 0 Å². The summed E-state index contributed by atoms with van der Waals surface area (Å²) in [5, 5.41) is 0. The summed E-state index contributed by atoms with van der Waals surface area (Å²) in [5.74, 6) is 12.0. The van der Waals surface area contributed by atoms with Crippen LogP contribution in [0.4, 0.5) is 0 Å². The van der Waals surface area contributed by atoms with Crippen molar-refractivity contribution < 1.29 is 36.8 Å². The van der Waals surface area contributed by atoms with Gasteiger partial charge in [0.05, 0.1) is 41.0 Å². The van der Waals surface area contributed by atoms with Gasteiger partial charge in [-0.2, -0.15) is 0 Å². The molecule has 4 aliphatic carbocycles. The average molecular weight is 1750 g/mol. The summed E-state index contributed by atoms with van der Waals surface area (Å²) < 4.78 is 26.4. The molecule has 0 aromatic carbocycles. The van der Waals surface area contributed by atoms with Crippen LogP contribution in [-0.2, 0) is 44.9 Å². The first kappa shape index (κ1) is 92.6. The van der Waals surface area contributed by atoms with Crippen LogP contribution in [0.2, 0.25) is 0 Å². The zero-order valence-electron chi connectivity index (χ0n) is 80.1. The van der Waals surface area contributed by atoms with Crippen LogP contribution in [0.3, 0.4) is 0 Å². The zero-order chi connectivity index (χ0) is 88.5. The third-order valence-corrected chi connectivity index (χ3v) is 33.7. The van der Waals surface area contributed by atoms with E-state index in [1.54, 1.807) is 5.56 Å². The minimum Gasteiger partial charge on any atom is -0.464 e.